The van der Waals surface area contributed by atoms with Crippen LogP contribution in [0, 0.1) is 0 Å². The second-order valence-electron chi connectivity index (χ2n) is 6.48. The zero-order valence-corrected chi connectivity index (χ0v) is 17.1. The van der Waals surface area contributed by atoms with Crippen LogP contribution >= 0.6 is 0 Å². The number of carbonyl (C=O) groups excluding carboxylic acids is 3. The Morgan fingerprint density at radius 1 is 0.774 bits per heavy atom. The van der Waals surface area contributed by atoms with Crippen molar-refractivity contribution >= 4 is 23.5 Å². The molecule has 1 N–H and O–H groups in total. The van der Waals surface area contributed by atoms with Gasteiger partial charge in [0.05, 0.1) is 25.3 Å². The van der Waals surface area contributed by atoms with Crippen LogP contribution in [0.2, 0.25) is 0 Å². The summed E-state index contributed by atoms with van der Waals surface area (Å²) in [6.07, 6.45) is 0. The number of carbonyl (C=O) groups is 3. The lowest BCUT2D eigenvalue weighted by atomic mass is 10.1. The smallest absolute Gasteiger partial charge is 0.337 e. The normalized spacial score (nSPS) is 10.1. The van der Waals surface area contributed by atoms with Crippen LogP contribution in [0.15, 0.2) is 72.8 Å². The number of para-hydroxylation sites is 1. The lowest BCUT2D eigenvalue weighted by molar-refractivity contribution is -0.118. The summed E-state index contributed by atoms with van der Waals surface area (Å²) < 4.78 is 15.1. The third kappa shape index (κ3) is 5.48. The number of methoxy groups -OCH3 is 2. The molecule has 31 heavy (non-hydrogen) atoms. The average Bonchev–Trinajstić information content (AvgIpc) is 2.82. The Bertz CT molecular complexity index is 1060. The molecule has 3 aromatic carbocycles. The summed E-state index contributed by atoms with van der Waals surface area (Å²) in [7, 11) is 2.45. The van der Waals surface area contributed by atoms with Gasteiger partial charge in [-0.15, -0.1) is 0 Å². The first-order chi connectivity index (χ1) is 15.0. The molecule has 3 aromatic rings. The van der Waals surface area contributed by atoms with E-state index in [-0.39, 0.29) is 23.4 Å². The standard InChI is InChI=1S/C24H21NO6/c1-29-23(27)17-12-18(24(28)30-2)14-19(13-17)25-22(26)15-31-21-11-7-6-10-20(21)16-8-4-3-5-9-16/h3-14H,15H2,1-2H3,(H,25,26). The molecular weight excluding hydrogens is 398 g/mol. The maximum atomic E-state index is 12.5. The Morgan fingerprint density at radius 2 is 1.35 bits per heavy atom. The molecule has 3 rings (SSSR count). The molecular formula is C24H21NO6. The van der Waals surface area contributed by atoms with Gasteiger partial charge in [-0.05, 0) is 29.8 Å². The number of rotatable bonds is 7. The van der Waals surface area contributed by atoms with Crippen LogP contribution in [0.25, 0.3) is 11.1 Å². The van der Waals surface area contributed by atoms with Crippen molar-refractivity contribution in [2.75, 3.05) is 26.1 Å². The quantitative estimate of drug-likeness (QED) is 0.583. The fourth-order valence-electron chi connectivity index (χ4n) is 2.96. The molecule has 7 nitrogen and oxygen atoms in total. The Morgan fingerprint density at radius 3 is 1.97 bits per heavy atom. The minimum atomic E-state index is -0.644. The number of esters is 2. The number of anilines is 1. The predicted octanol–water partition coefficient (Wildman–Crippen LogP) is 3.94. The summed E-state index contributed by atoms with van der Waals surface area (Å²) in [5, 5.41) is 2.63. The zero-order valence-electron chi connectivity index (χ0n) is 17.1. The van der Waals surface area contributed by atoms with E-state index in [0.717, 1.165) is 11.1 Å². The number of amides is 1. The Balaban J connectivity index is 1.75. The van der Waals surface area contributed by atoms with Gasteiger partial charge in [0.2, 0.25) is 0 Å². The molecule has 0 unspecified atom stereocenters. The highest BCUT2D eigenvalue weighted by Gasteiger charge is 2.15. The van der Waals surface area contributed by atoms with E-state index in [1.165, 1.54) is 32.4 Å². The largest absolute Gasteiger partial charge is 0.483 e. The predicted molar refractivity (Wildman–Crippen MR) is 115 cm³/mol. The topological polar surface area (TPSA) is 90.9 Å². The lowest BCUT2D eigenvalue weighted by Gasteiger charge is -2.13. The molecule has 0 saturated heterocycles. The van der Waals surface area contributed by atoms with Crippen molar-refractivity contribution in [2.45, 2.75) is 0 Å². The van der Waals surface area contributed by atoms with E-state index >= 15 is 0 Å². The molecule has 0 aliphatic carbocycles. The molecule has 0 heterocycles. The van der Waals surface area contributed by atoms with Crippen LogP contribution in [0.4, 0.5) is 5.69 Å². The maximum Gasteiger partial charge on any atom is 0.337 e. The Kier molecular flexibility index (Phi) is 7.01. The summed E-state index contributed by atoms with van der Waals surface area (Å²) in [5.41, 5.74) is 2.28. The molecule has 7 heteroatoms. The summed E-state index contributed by atoms with van der Waals surface area (Å²) >= 11 is 0. The van der Waals surface area contributed by atoms with Crippen LogP contribution in [0.1, 0.15) is 20.7 Å². The number of nitrogens with one attached hydrogen (secondary N) is 1. The van der Waals surface area contributed by atoms with Crippen molar-refractivity contribution in [3.05, 3.63) is 83.9 Å². The van der Waals surface area contributed by atoms with Gasteiger partial charge in [0.1, 0.15) is 5.75 Å². The molecule has 0 aliphatic rings. The first-order valence-electron chi connectivity index (χ1n) is 9.40. The second kappa shape index (κ2) is 10.1. The summed E-state index contributed by atoms with van der Waals surface area (Å²) in [6.45, 7) is -0.264. The molecule has 158 valence electrons. The highest BCUT2D eigenvalue weighted by molar-refractivity contribution is 5.99. The molecule has 0 atom stereocenters. The number of hydrogen-bond acceptors (Lipinski definition) is 6. The van der Waals surface area contributed by atoms with Crippen molar-refractivity contribution in [1.82, 2.24) is 0 Å². The lowest BCUT2D eigenvalue weighted by Crippen LogP contribution is -2.21. The van der Waals surface area contributed by atoms with E-state index in [4.69, 9.17) is 14.2 Å². The molecule has 0 fully saturated rings. The van der Waals surface area contributed by atoms with Crippen LogP contribution < -0.4 is 10.1 Å². The van der Waals surface area contributed by atoms with Gasteiger partial charge >= 0.3 is 11.9 Å². The van der Waals surface area contributed by atoms with Crippen molar-refractivity contribution in [3.63, 3.8) is 0 Å². The van der Waals surface area contributed by atoms with Crippen molar-refractivity contribution in [2.24, 2.45) is 0 Å². The van der Waals surface area contributed by atoms with Gasteiger partial charge in [-0.2, -0.15) is 0 Å². The summed E-state index contributed by atoms with van der Waals surface area (Å²) in [4.78, 5) is 36.2. The van der Waals surface area contributed by atoms with Crippen molar-refractivity contribution in [3.8, 4) is 16.9 Å². The third-order valence-electron chi connectivity index (χ3n) is 4.39. The van der Waals surface area contributed by atoms with Gasteiger partial charge in [0.15, 0.2) is 6.61 Å². The van der Waals surface area contributed by atoms with Crippen molar-refractivity contribution < 1.29 is 28.6 Å². The number of ether oxygens (including phenoxy) is 3. The first kappa shape index (κ1) is 21.6. The van der Waals surface area contributed by atoms with Gasteiger partial charge in [-0.25, -0.2) is 9.59 Å². The van der Waals surface area contributed by atoms with Crippen LogP contribution in [-0.2, 0) is 14.3 Å². The van der Waals surface area contributed by atoms with Gasteiger partial charge in [0, 0.05) is 11.3 Å². The first-order valence-corrected chi connectivity index (χ1v) is 9.40. The van der Waals surface area contributed by atoms with E-state index in [1.807, 2.05) is 48.5 Å². The van der Waals surface area contributed by atoms with Crippen molar-refractivity contribution in [1.29, 1.82) is 0 Å². The molecule has 0 spiro atoms. The van der Waals surface area contributed by atoms with E-state index in [1.54, 1.807) is 6.07 Å². The fourth-order valence-corrected chi connectivity index (χ4v) is 2.96. The molecule has 1 amide bonds. The molecule has 0 aliphatic heterocycles. The van der Waals surface area contributed by atoms with E-state index < -0.39 is 17.8 Å². The van der Waals surface area contributed by atoms with E-state index in [0.29, 0.717) is 5.75 Å². The summed E-state index contributed by atoms with van der Waals surface area (Å²) in [5.74, 6) is -1.19. The van der Waals surface area contributed by atoms with Gasteiger partial charge in [-0.1, -0.05) is 48.5 Å². The molecule has 0 saturated carbocycles. The van der Waals surface area contributed by atoms with E-state index in [9.17, 15) is 14.4 Å². The minimum absolute atomic E-state index is 0.107. The van der Waals surface area contributed by atoms with Crippen LogP contribution in [0.5, 0.6) is 5.75 Å². The Labute approximate surface area is 179 Å². The summed E-state index contributed by atoms with van der Waals surface area (Å²) in [6, 6.07) is 21.2. The fraction of sp³-hybridized carbons (Fsp3) is 0.125. The average molecular weight is 419 g/mol. The van der Waals surface area contributed by atoms with Gasteiger partial charge in [0.25, 0.3) is 5.91 Å². The van der Waals surface area contributed by atoms with Crippen LogP contribution in [-0.4, -0.2) is 38.7 Å². The molecule has 0 bridgehead atoms. The van der Waals surface area contributed by atoms with Crippen LogP contribution in [0.3, 0.4) is 0 Å². The van der Waals surface area contributed by atoms with Gasteiger partial charge < -0.3 is 19.5 Å². The maximum absolute atomic E-state index is 12.5. The third-order valence-corrected chi connectivity index (χ3v) is 4.39. The molecule has 0 radical (unpaired) electrons. The van der Waals surface area contributed by atoms with Gasteiger partial charge in [-0.3, -0.25) is 4.79 Å². The SMILES string of the molecule is COC(=O)c1cc(NC(=O)COc2ccccc2-c2ccccc2)cc(C(=O)OC)c1. The van der Waals surface area contributed by atoms with E-state index in [2.05, 4.69) is 5.32 Å². The highest BCUT2D eigenvalue weighted by Crippen LogP contribution is 2.29. The number of benzene rings is 3. The molecule has 0 aromatic heterocycles. The number of hydrogen-bond donors (Lipinski definition) is 1. The zero-order chi connectivity index (χ0) is 22.2. The highest BCUT2D eigenvalue weighted by atomic mass is 16.5. The Hall–Kier alpha value is -4.13. The monoisotopic (exact) mass is 419 g/mol. The minimum Gasteiger partial charge on any atom is -0.483 e. The second-order valence-corrected chi connectivity index (χ2v) is 6.48.